The topological polar surface area (TPSA) is 82.3 Å². The first-order valence-electron chi connectivity index (χ1n) is 5.70. The van der Waals surface area contributed by atoms with E-state index in [2.05, 4.69) is 4.84 Å². The quantitative estimate of drug-likeness (QED) is 0.499. The molecular formula is C12H8F6N2O3. The fraction of sp³-hybridized carbons (Fsp3) is 0.333. The van der Waals surface area contributed by atoms with Crippen molar-refractivity contribution in [3.63, 3.8) is 0 Å². The Kier molecular flexibility index (Phi) is 5.24. The standard InChI is InChI=1S/C12H8F6N2O3/c13-11(14,15)10(22,12(16,17)18)8-3-1-7(2-4-8)9(21)20-23-6-5-19/h1-4,22H,6H2,(H,20,21). The predicted octanol–water partition coefficient (Wildman–Crippen LogP) is 2.18. The lowest BCUT2D eigenvalue weighted by Crippen LogP contribution is -2.53. The number of alkyl halides is 6. The van der Waals surface area contributed by atoms with Crippen molar-refractivity contribution in [1.82, 2.24) is 5.48 Å². The molecule has 0 saturated heterocycles. The minimum absolute atomic E-state index is 0.320. The molecule has 23 heavy (non-hydrogen) atoms. The van der Waals surface area contributed by atoms with E-state index < -0.39 is 36.0 Å². The molecular weight excluding hydrogens is 334 g/mol. The van der Waals surface area contributed by atoms with Gasteiger partial charge in [0.2, 0.25) is 0 Å². The third-order valence-electron chi connectivity index (χ3n) is 2.69. The van der Waals surface area contributed by atoms with Gasteiger partial charge < -0.3 is 5.11 Å². The maximum Gasteiger partial charge on any atom is 0.430 e. The van der Waals surface area contributed by atoms with Gasteiger partial charge in [0.05, 0.1) is 6.07 Å². The molecule has 0 saturated carbocycles. The summed E-state index contributed by atoms with van der Waals surface area (Å²) in [7, 11) is 0. The summed E-state index contributed by atoms with van der Waals surface area (Å²) in [5.74, 6) is -0.991. The molecule has 126 valence electrons. The second-order valence-electron chi connectivity index (χ2n) is 4.16. The van der Waals surface area contributed by atoms with E-state index >= 15 is 0 Å². The number of rotatable bonds is 4. The van der Waals surface area contributed by atoms with Gasteiger partial charge in [-0.15, -0.1) is 0 Å². The van der Waals surface area contributed by atoms with E-state index in [1.165, 1.54) is 6.07 Å². The van der Waals surface area contributed by atoms with E-state index in [-0.39, 0.29) is 5.56 Å². The Balaban J connectivity index is 3.11. The summed E-state index contributed by atoms with van der Waals surface area (Å²) < 4.78 is 75.9. The minimum atomic E-state index is -6.01. The zero-order valence-corrected chi connectivity index (χ0v) is 11.0. The van der Waals surface area contributed by atoms with Crippen LogP contribution in [0, 0.1) is 11.3 Å². The minimum Gasteiger partial charge on any atom is -0.369 e. The van der Waals surface area contributed by atoms with E-state index in [9.17, 15) is 31.1 Å². The highest BCUT2D eigenvalue weighted by Crippen LogP contribution is 2.49. The van der Waals surface area contributed by atoms with Crippen molar-refractivity contribution in [2.45, 2.75) is 18.0 Å². The van der Waals surface area contributed by atoms with Crippen molar-refractivity contribution in [3.8, 4) is 6.07 Å². The first-order chi connectivity index (χ1) is 10.4. The van der Waals surface area contributed by atoms with Crippen LogP contribution in [0.1, 0.15) is 15.9 Å². The van der Waals surface area contributed by atoms with E-state index in [0.717, 1.165) is 0 Å². The van der Waals surface area contributed by atoms with E-state index in [4.69, 9.17) is 10.4 Å². The molecule has 1 amide bonds. The maximum atomic E-state index is 12.7. The molecule has 0 aliphatic heterocycles. The molecule has 1 rings (SSSR count). The lowest BCUT2D eigenvalue weighted by Gasteiger charge is -2.32. The zero-order chi connectivity index (χ0) is 17.9. The van der Waals surface area contributed by atoms with Gasteiger partial charge >= 0.3 is 12.4 Å². The molecule has 0 aromatic heterocycles. The third kappa shape index (κ3) is 3.72. The van der Waals surface area contributed by atoms with Gasteiger partial charge in [-0.3, -0.25) is 9.63 Å². The van der Waals surface area contributed by atoms with Gasteiger partial charge in [0.1, 0.15) is 0 Å². The summed E-state index contributed by atoms with van der Waals surface area (Å²) in [5, 5.41) is 17.3. The maximum absolute atomic E-state index is 12.7. The van der Waals surface area contributed by atoms with Crippen molar-refractivity contribution < 1.29 is 41.1 Å². The van der Waals surface area contributed by atoms with Gasteiger partial charge in [-0.1, -0.05) is 12.1 Å². The second-order valence-corrected chi connectivity index (χ2v) is 4.16. The lowest BCUT2D eigenvalue weighted by molar-refractivity contribution is -0.376. The number of hydroxylamine groups is 1. The molecule has 0 bridgehead atoms. The van der Waals surface area contributed by atoms with Gasteiger partial charge in [0.15, 0.2) is 6.61 Å². The average Bonchev–Trinajstić information content (AvgIpc) is 2.44. The van der Waals surface area contributed by atoms with Gasteiger partial charge in [-0.2, -0.15) is 31.6 Å². The van der Waals surface area contributed by atoms with Crippen LogP contribution < -0.4 is 5.48 Å². The molecule has 11 heteroatoms. The third-order valence-corrected chi connectivity index (χ3v) is 2.69. The van der Waals surface area contributed by atoms with Crippen LogP contribution in [0.4, 0.5) is 26.3 Å². The molecule has 5 nitrogen and oxygen atoms in total. The summed E-state index contributed by atoms with van der Waals surface area (Å²) in [6.07, 6.45) is -12.0. The Morgan fingerprint density at radius 3 is 2.00 bits per heavy atom. The van der Waals surface area contributed by atoms with Crippen LogP contribution in [0.25, 0.3) is 0 Å². The lowest BCUT2D eigenvalue weighted by atomic mass is 9.91. The van der Waals surface area contributed by atoms with Crippen molar-refractivity contribution in [1.29, 1.82) is 5.26 Å². The summed E-state index contributed by atoms with van der Waals surface area (Å²) >= 11 is 0. The van der Waals surface area contributed by atoms with E-state index in [1.54, 1.807) is 5.48 Å². The summed E-state index contributed by atoms with van der Waals surface area (Å²) in [6.45, 7) is -0.508. The van der Waals surface area contributed by atoms with Gasteiger partial charge in [0.25, 0.3) is 11.5 Å². The molecule has 1 aromatic carbocycles. The number of benzene rings is 1. The van der Waals surface area contributed by atoms with Crippen LogP contribution in [0.2, 0.25) is 0 Å². The van der Waals surface area contributed by atoms with Gasteiger partial charge in [-0.05, 0) is 12.1 Å². The molecule has 0 heterocycles. The van der Waals surface area contributed by atoms with E-state index in [0.29, 0.717) is 24.3 Å². The first kappa shape index (κ1) is 18.7. The summed E-state index contributed by atoms with van der Waals surface area (Å²) in [6, 6.07) is 3.44. The second kappa shape index (κ2) is 6.43. The number of carbonyl (C=O) groups is 1. The first-order valence-corrected chi connectivity index (χ1v) is 5.70. The van der Waals surface area contributed by atoms with Crippen LogP contribution in [-0.4, -0.2) is 30.0 Å². The van der Waals surface area contributed by atoms with Crippen molar-refractivity contribution in [2.75, 3.05) is 6.61 Å². The highest BCUT2D eigenvalue weighted by Gasteiger charge is 2.71. The molecule has 0 aliphatic rings. The average molecular weight is 342 g/mol. The number of hydrogen-bond donors (Lipinski definition) is 2. The SMILES string of the molecule is N#CCONC(=O)c1ccc(C(O)(C(F)(F)F)C(F)(F)F)cc1. The number of amides is 1. The van der Waals surface area contributed by atoms with Gasteiger partial charge in [-0.25, -0.2) is 5.48 Å². The van der Waals surface area contributed by atoms with Crippen molar-refractivity contribution in [3.05, 3.63) is 35.4 Å². The number of hydrogen-bond acceptors (Lipinski definition) is 4. The molecule has 0 aliphatic carbocycles. The molecule has 1 aromatic rings. The zero-order valence-electron chi connectivity index (χ0n) is 11.0. The Labute approximate surface area is 125 Å². The molecule has 0 radical (unpaired) electrons. The fourth-order valence-electron chi connectivity index (χ4n) is 1.54. The molecule has 0 fully saturated rings. The largest absolute Gasteiger partial charge is 0.430 e. The van der Waals surface area contributed by atoms with Crippen molar-refractivity contribution >= 4 is 5.91 Å². The molecule has 0 atom stereocenters. The number of halogens is 6. The molecule has 2 N–H and O–H groups in total. The monoisotopic (exact) mass is 342 g/mol. The highest BCUT2D eigenvalue weighted by atomic mass is 19.4. The Bertz CT molecular complexity index is 589. The molecule has 0 spiro atoms. The smallest absolute Gasteiger partial charge is 0.369 e. The Morgan fingerprint density at radius 1 is 1.13 bits per heavy atom. The van der Waals surface area contributed by atoms with Crippen LogP contribution in [-0.2, 0) is 10.4 Å². The fourth-order valence-corrected chi connectivity index (χ4v) is 1.54. The number of nitrogens with one attached hydrogen (secondary N) is 1. The number of nitriles is 1. The Morgan fingerprint density at radius 2 is 1.61 bits per heavy atom. The summed E-state index contributed by atoms with van der Waals surface area (Å²) in [4.78, 5) is 15.8. The number of nitrogens with zero attached hydrogens (tertiary/aromatic N) is 1. The van der Waals surface area contributed by atoms with E-state index in [1.807, 2.05) is 0 Å². The Hall–Kier alpha value is -2.32. The summed E-state index contributed by atoms with van der Waals surface area (Å²) in [5.41, 5.74) is -5.14. The number of aliphatic hydroxyl groups is 1. The van der Waals surface area contributed by atoms with Crippen LogP contribution in [0.15, 0.2) is 24.3 Å². The predicted molar refractivity (Wildman–Crippen MR) is 61.5 cm³/mol. The van der Waals surface area contributed by atoms with Gasteiger partial charge in [0, 0.05) is 11.1 Å². The van der Waals surface area contributed by atoms with Crippen LogP contribution >= 0.6 is 0 Å². The van der Waals surface area contributed by atoms with Crippen molar-refractivity contribution in [2.24, 2.45) is 0 Å². The molecule has 0 unspecified atom stereocenters. The van der Waals surface area contributed by atoms with Crippen LogP contribution in [0.5, 0.6) is 0 Å². The van der Waals surface area contributed by atoms with Crippen LogP contribution in [0.3, 0.4) is 0 Å². The highest BCUT2D eigenvalue weighted by molar-refractivity contribution is 5.93. The number of carbonyl (C=O) groups excluding carboxylic acids is 1. The normalized spacial score (nSPS) is 12.6.